The van der Waals surface area contributed by atoms with Gasteiger partial charge in [-0.1, -0.05) is 6.92 Å². The van der Waals surface area contributed by atoms with E-state index in [0.29, 0.717) is 13.2 Å². The molecule has 1 aromatic rings. The van der Waals surface area contributed by atoms with Crippen molar-refractivity contribution in [3.8, 4) is 0 Å². The van der Waals surface area contributed by atoms with Crippen LogP contribution in [0.4, 0.5) is 0 Å². The van der Waals surface area contributed by atoms with Crippen LogP contribution in [0.1, 0.15) is 35.8 Å². The minimum absolute atomic E-state index is 0.575. The van der Waals surface area contributed by atoms with E-state index in [1.165, 1.54) is 4.88 Å². The Morgan fingerprint density at radius 2 is 2.12 bits per heavy atom. The van der Waals surface area contributed by atoms with Gasteiger partial charge in [0.05, 0.1) is 18.9 Å². The molecule has 1 N–H and O–H groups in total. The standard InChI is InChI=1S/C12H22N2O2S/c1-4-6-13-7-11-10(8-15-3)14-12(17-11)9-16-5-2/h13H,4-9H2,1-3H3. The maximum Gasteiger partial charge on any atom is 0.119 e. The molecule has 0 aliphatic heterocycles. The summed E-state index contributed by atoms with van der Waals surface area (Å²) >= 11 is 1.71. The number of aromatic nitrogens is 1. The number of nitrogens with zero attached hydrogens (tertiary/aromatic N) is 1. The number of methoxy groups -OCH3 is 1. The first-order valence-corrected chi connectivity index (χ1v) is 6.88. The molecule has 0 unspecified atom stereocenters. The third kappa shape index (κ3) is 5.12. The van der Waals surface area contributed by atoms with Crippen LogP contribution in [0.3, 0.4) is 0 Å². The fourth-order valence-corrected chi connectivity index (χ4v) is 2.43. The highest BCUT2D eigenvalue weighted by atomic mass is 32.1. The highest BCUT2D eigenvalue weighted by molar-refractivity contribution is 7.11. The van der Waals surface area contributed by atoms with Crippen LogP contribution in [-0.2, 0) is 29.2 Å². The highest BCUT2D eigenvalue weighted by Gasteiger charge is 2.10. The van der Waals surface area contributed by atoms with Gasteiger partial charge in [-0.25, -0.2) is 4.98 Å². The van der Waals surface area contributed by atoms with Crippen molar-refractivity contribution in [2.45, 2.75) is 40.0 Å². The van der Waals surface area contributed by atoms with E-state index in [0.717, 1.165) is 36.8 Å². The van der Waals surface area contributed by atoms with Crippen LogP contribution in [0.15, 0.2) is 0 Å². The summed E-state index contributed by atoms with van der Waals surface area (Å²) < 4.78 is 10.5. The van der Waals surface area contributed by atoms with Gasteiger partial charge in [-0.15, -0.1) is 11.3 Å². The Hall–Kier alpha value is -0.490. The summed E-state index contributed by atoms with van der Waals surface area (Å²) in [6.07, 6.45) is 1.14. The second kappa shape index (κ2) is 8.58. The minimum Gasteiger partial charge on any atom is -0.378 e. The van der Waals surface area contributed by atoms with Crippen LogP contribution < -0.4 is 5.32 Å². The van der Waals surface area contributed by atoms with Gasteiger partial charge in [0.1, 0.15) is 5.01 Å². The van der Waals surface area contributed by atoms with E-state index in [2.05, 4.69) is 17.2 Å². The van der Waals surface area contributed by atoms with Gasteiger partial charge in [-0.2, -0.15) is 0 Å². The highest BCUT2D eigenvalue weighted by Crippen LogP contribution is 2.20. The van der Waals surface area contributed by atoms with Crippen molar-refractivity contribution < 1.29 is 9.47 Å². The van der Waals surface area contributed by atoms with Crippen LogP contribution in [0, 0.1) is 0 Å². The molecule has 0 bridgehead atoms. The van der Waals surface area contributed by atoms with Crippen molar-refractivity contribution in [3.05, 3.63) is 15.6 Å². The fourth-order valence-electron chi connectivity index (χ4n) is 1.45. The van der Waals surface area contributed by atoms with Crippen LogP contribution in [0.5, 0.6) is 0 Å². The fraction of sp³-hybridized carbons (Fsp3) is 0.750. The summed E-state index contributed by atoms with van der Waals surface area (Å²) in [7, 11) is 1.70. The van der Waals surface area contributed by atoms with E-state index >= 15 is 0 Å². The van der Waals surface area contributed by atoms with Crippen molar-refractivity contribution in [2.24, 2.45) is 0 Å². The SMILES string of the molecule is CCCNCc1sc(COCC)nc1COC. The molecule has 0 aromatic carbocycles. The zero-order valence-electron chi connectivity index (χ0n) is 10.9. The molecule has 98 valence electrons. The lowest BCUT2D eigenvalue weighted by molar-refractivity contribution is 0.133. The molecule has 1 aromatic heterocycles. The van der Waals surface area contributed by atoms with Crippen molar-refractivity contribution >= 4 is 11.3 Å². The lowest BCUT2D eigenvalue weighted by Crippen LogP contribution is -2.14. The molecule has 0 aliphatic rings. The van der Waals surface area contributed by atoms with Crippen molar-refractivity contribution in [1.29, 1.82) is 0 Å². The molecule has 0 fully saturated rings. The van der Waals surface area contributed by atoms with Gasteiger partial charge in [0.25, 0.3) is 0 Å². The zero-order valence-corrected chi connectivity index (χ0v) is 11.7. The molecule has 0 saturated carbocycles. The number of thiazole rings is 1. The van der Waals surface area contributed by atoms with Crippen LogP contribution in [0.2, 0.25) is 0 Å². The first-order chi connectivity index (χ1) is 8.31. The monoisotopic (exact) mass is 258 g/mol. The summed E-state index contributed by atoms with van der Waals surface area (Å²) in [6, 6.07) is 0. The van der Waals surface area contributed by atoms with E-state index in [1.54, 1.807) is 18.4 Å². The molecule has 17 heavy (non-hydrogen) atoms. The third-order valence-electron chi connectivity index (χ3n) is 2.25. The molecule has 1 rings (SSSR count). The molecule has 0 saturated heterocycles. The average molecular weight is 258 g/mol. The Morgan fingerprint density at radius 1 is 1.29 bits per heavy atom. The Labute approximate surface area is 107 Å². The second-order valence-electron chi connectivity index (χ2n) is 3.72. The number of rotatable bonds is 9. The Morgan fingerprint density at radius 3 is 2.76 bits per heavy atom. The summed E-state index contributed by atoms with van der Waals surface area (Å²) in [5.74, 6) is 0. The quantitative estimate of drug-likeness (QED) is 0.690. The summed E-state index contributed by atoms with van der Waals surface area (Å²) in [4.78, 5) is 5.80. The summed E-state index contributed by atoms with van der Waals surface area (Å²) in [5, 5.41) is 4.43. The van der Waals surface area contributed by atoms with Gasteiger partial charge in [0, 0.05) is 25.1 Å². The zero-order chi connectivity index (χ0) is 12.5. The van der Waals surface area contributed by atoms with Gasteiger partial charge in [0.2, 0.25) is 0 Å². The molecule has 0 atom stereocenters. The number of hydrogen-bond acceptors (Lipinski definition) is 5. The number of nitrogens with one attached hydrogen (secondary N) is 1. The van der Waals surface area contributed by atoms with Crippen molar-refractivity contribution in [3.63, 3.8) is 0 Å². The molecule has 1 heterocycles. The molecule has 4 nitrogen and oxygen atoms in total. The second-order valence-corrected chi connectivity index (χ2v) is 4.89. The number of ether oxygens (including phenoxy) is 2. The average Bonchev–Trinajstić information content (AvgIpc) is 2.70. The Bertz CT molecular complexity index is 315. The molecule has 0 aliphatic carbocycles. The molecular weight excluding hydrogens is 236 g/mol. The largest absolute Gasteiger partial charge is 0.378 e. The van der Waals surface area contributed by atoms with E-state index in [1.807, 2.05) is 6.92 Å². The van der Waals surface area contributed by atoms with Crippen LogP contribution >= 0.6 is 11.3 Å². The Kier molecular flexibility index (Phi) is 7.35. The number of hydrogen-bond donors (Lipinski definition) is 1. The molecular formula is C12H22N2O2S. The maximum absolute atomic E-state index is 5.38. The van der Waals surface area contributed by atoms with E-state index in [4.69, 9.17) is 9.47 Å². The third-order valence-corrected chi connectivity index (χ3v) is 3.32. The minimum atomic E-state index is 0.575. The van der Waals surface area contributed by atoms with Crippen molar-refractivity contribution in [1.82, 2.24) is 10.3 Å². The van der Waals surface area contributed by atoms with E-state index < -0.39 is 0 Å². The lowest BCUT2D eigenvalue weighted by Gasteiger charge is -2.02. The predicted molar refractivity (Wildman–Crippen MR) is 70.2 cm³/mol. The van der Waals surface area contributed by atoms with E-state index in [9.17, 15) is 0 Å². The van der Waals surface area contributed by atoms with Gasteiger partial charge >= 0.3 is 0 Å². The van der Waals surface area contributed by atoms with Gasteiger partial charge < -0.3 is 14.8 Å². The van der Waals surface area contributed by atoms with Gasteiger partial charge in [0.15, 0.2) is 0 Å². The van der Waals surface area contributed by atoms with E-state index in [-0.39, 0.29) is 0 Å². The molecule has 0 amide bonds. The maximum atomic E-state index is 5.38. The molecule has 0 spiro atoms. The smallest absolute Gasteiger partial charge is 0.119 e. The van der Waals surface area contributed by atoms with Crippen molar-refractivity contribution in [2.75, 3.05) is 20.3 Å². The first-order valence-electron chi connectivity index (χ1n) is 6.06. The molecule has 0 radical (unpaired) electrons. The van der Waals surface area contributed by atoms with Crippen LogP contribution in [0.25, 0.3) is 0 Å². The van der Waals surface area contributed by atoms with Gasteiger partial charge in [-0.3, -0.25) is 0 Å². The molecule has 5 heteroatoms. The summed E-state index contributed by atoms with van der Waals surface area (Å²) in [6.45, 7) is 7.96. The van der Waals surface area contributed by atoms with Gasteiger partial charge in [-0.05, 0) is 19.9 Å². The first kappa shape index (κ1) is 14.6. The predicted octanol–water partition coefficient (Wildman–Crippen LogP) is 2.33. The lowest BCUT2D eigenvalue weighted by atomic mass is 10.3. The summed E-state index contributed by atoms with van der Waals surface area (Å²) in [5.41, 5.74) is 1.04. The topological polar surface area (TPSA) is 43.4 Å². The Balaban J connectivity index is 2.60. The normalized spacial score (nSPS) is 11.0. The van der Waals surface area contributed by atoms with Crippen LogP contribution in [-0.4, -0.2) is 25.2 Å².